The lowest BCUT2D eigenvalue weighted by Crippen LogP contribution is -2.02. The summed E-state index contributed by atoms with van der Waals surface area (Å²) in [5.74, 6) is 1.68. The molecule has 4 aromatic heterocycles. The summed E-state index contributed by atoms with van der Waals surface area (Å²) in [5, 5.41) is 6.43. The highest BCUT2D eigenvalue weighted by Gasteiger charge is 2.24. The standard InChI is InChI=1S/C51H30N4O2/c1-3-15-31(16-4-1)33-21-14-30-44-45(33)38-24-13-28-42(48(38)57-44)55-41-27-9-7-19-34(41)36-22-11-25-39(46(36)55)50-52-49(32-17-5-2-6-18-32)53-51(54-50)40-26-12-23-37-35-20-8-10-29-43(35)56-47(37)40/h1-30H. The fraction of sp³-hybridized carbons (Fsp3) is 0. The smallest absolute Gasteiger partial charge is 0.167 e. The molecular formula is C51H30N4O2. The van der Waals surface area contributed by atoms with Crippen LogP contribution in [0.5, 0.6) is 0 Å². The summed E-state index contributed by atoms with van der Waals surface area (Å²) in [7, 11) is 0. The summed E-state index contributed by atoms with van der Waals surface area (Å²) in [6, 6.07) is 62.5. The minimum atomic E-state index is 0.538. The van der Waals surface area contributed by atoms with E-state index in [1.807, 2.05) is 66.7 Å². The molecule has 8 aromatic carbocycles. The lowest BCUT2D eigenvalue weighted by molar-refractivity contribution is 0.666. The molecule has 0 aliphatic rings. The molecule has 57 heavy (non-hydrogen) atoms. The van der Waals surface area contributed by atoms with Crippen molar-refractivity contribution in [3.63, 3.8) is 0 Å². The third kappa shape index (κ3) is 4.81. The van der Waals surface area contributed by atoms with Crippen LogP contribution in [-0.2, 0) is 0 Å². The molecule has 12 aromatic rings. The Morgan fingerprint density at radius 2 is 0.912 bits per heavy atom. The van der Waals surface area contributed by atoms with E-state index in [1.165, 1.54) is 0 Å². The second-order valence-electron chi connectivity index (χ2n) is 14.3. The fourth-order valence-corrected chi connectivity index (χ4v) is 8.57. The lowest BCUT2D eigenvalue weighted by Gasteiger charge is -2.13. The van der Waals surface area contributed by atoms with Crippen molar-refractivity contribution in [2.75, 3.05) is 0 Å². The van der Waals surface area contributed by atoms with Gasteiger partial charge in [-0.2, -0.15) is 0 Å². The van der Waals surface area contributed by atoms with Gasteiger partial charge in [-0.05, 0) is 47.5 Å². The van der Waals surface area contributed by atoms with E-state index in [2.05, 4.69) is 120 Å². The number of rotatable bonds is 5. The average molecular weight is 731 g/mol. The van der Waals surface area contributed by atoms with Gasteiger partial charge in [-0.3, -0.25) is 0 Å². The van der Waals surface area contributed by atoms with Crippen molar-refractivity contribution in [2.24, 2.45) is 0 Å². The quantitative estimate of drug-likeness (QED) is 0.176. The number of para-hydroxylation sites is 5. The molecule has 0 N–H and O–H groups in total. The highest BCUT2D eigenvalue weighted by Crippen LogP contribution is 2.43. The minimum Gasteiger partial charge on any atom is -0.455 e. The van der Waals surface area contributed by atoms with Crippen LogP contribution in [0.4, 0.5) is 0 Å². The van der Waals surface area contributed by atoms with Crippen LogP contribution >= 0.6 is 0 Å². The molecule has 0 aliphatic carbocycles. The van der Waals surface area contributed by atoms with E-state index in [-0.39, 0.29) is 0 Å². The van der Waals surface area contributed by atoms with Crippen LogP contribution in [0.1, 0.15) is 0 Å². The van der Waals surface area contributed by atoms with E-state index < -0.39 is 0 Å². The van der Waals surface area contributed by atoms with Crippen molar-refractivity contribution in [3.05, 3.63) is 182 Å². The van der Waals surface area contributed by atoms with Crippen molar-refractivity contribution in [1.29, 1.82) is 0 Å². The summed E-state index contributed by atoms with van der Waals surface area (Å²) in [6.07, 6.45) is 0. The van der Waals surface area contributed by atoms with Gasteiger partial charge < -0.3 is 13.4 Å². The molecule has 6 heteroatoms. The number of aromatic nitrogens is 4. The van der Waals surface area contributed by atoms with E-state index in [9.17, 15) is 0 Å². The van der Waals surface area contributed by atoms with Gasteiger partial charge in [-0.15, -0.1) is 0 Å². The molecule has 0 atom stereocenters. The Kier molecular flexibility index (Phi) is 6.83. The summed E-state index contributed by atoms with van der Waals surface area (Å²) >= 11 is 0. The first-order valence-electron chi connectivity index (χ1n) is 19.0. The highest BCUT2D eigenvalue weighted by atomic mass is 16.3. The summed E-state index contributed by atoms with van der Waals surface area (Å²) in [6.45, 7) is 0. The number of hydrogen-bond acceptors (Lipinski definition) is 5. The summed E-state index contributed by atoms with van der Waals surface area (Å²) in [5.41, 5.74) is 11.0. The van der Waals surface area contributed by atoms with Gasteiger partial charge in [0.2, 0.25) is 0 Å². The highest BCUT2D eigenvalue weighted by molar-refractivity contribution is 6.17. The summed E-state index contributed by atoms with van der Waals surface area (Å²) in [4.78, 5) is 15.6. The Balaban J connectivity index is 1.16. The Bertz CT molecular complexity index is 3530. The fourth-order valence-electron chi connectivity index (χ4n) is 8.57. The lowest BCUT2D eigenvalue weighted by atomic mass is 9.99. The van der Waals surface area contributed by atoms with E-state index in [0.29, 0.717) is 17.5 Å². The van der Waals surface area contributed by atoms with Crippen molar-refractivity contribution in [1.82, 2.24) is 19.5 Å². The monoisotopic (exact) mass is 730 g/mol. The number of fused-ring (bicyclic) bond motifs is 9. The third-order valence-corrected chi connectivity index (χ3v) is 11.1. The Morgan fingerprint density at radius 3 is 1.75 bits per heavy atom. The first-order valence-corrected chi connectivity index (χ1v) is 19.0. The maximum absolute atomic E-state index is 6.86. The zero-order valence-electron chi connectivity index (χ0n) is 30.4. The minimum absolute atomic E-state index is 0.538. The van der Waals surface area contributed by atoms with Gasteiger partial charge in [0.05, 0.1) is 22.3 Å². The Morgan fingerprint density at radius 1 is 0.351 bits per heavy atom. The van der Waals surface area contributed by atoms with Gasteiger partial charge in [-0.1, -0.05) is 146 Å². The van der Waals surface area contributed by atoms with E-state index in [4.69, 9.17) is 23.8 Å². The van der Waals surface area contributed by atoms with Crippen molar-refractivity contribution in [3.8, 4) is 51.0 Å². The zero-order valence-corrected chi connectivity index (χ0v) is 30.4. The first-order chi connectivity index (χ1) is 28.3. The zero-order chi connectivity index (χ0) is 37.5. The van der Waals surface area contributed by atoms with Crippen LogP contribution in [0.25, 0.3) is 117 Å². The number of benzene rings is 8. The SMILES string of the molecule is c1ccc(-c2nc(-c3cccc4c3oc3ccccc34)nc(-c3cccc4c5ccccc5n(-c5cccc6c5oc5cccc(-c7ccccc7)c56)c34)n2)cc1. The predicted octanol–water partition coefficient (Wildman–Crippen LogP) is 13.4. The maximum atomic E-state index is 6.86. The molecule has 0 spiro atoms. The third-order valence-electron chi connectivity index (χ3n) is 11.1. The molecule has 0 bridgehead atoms. The normalized spacial score (nSPS) is 11.9. The molecule has 0 saturated carbocycles. The van der Waals surface area contributed by atoms with Gasteiger partial charge in [-0.25, -0.2) is 15.0 Å². The van der Waals surface area contributed by atoms with Crippen molar-refractivity contribution < 1.29 is 8.83 Å². The van der Waals surface area contributed by atoms with Gasteiger partial charge >= 0.3 is 0 Å². The average Bonchev–Trinajstić information content (AvgIpc) is 3.97. The van der Waals surface area contributed by atoms with Crippen LogP contribution in [-0.4, -0.2) is 19.5 Å². The molecule has 266 valence electrons. The Labute approximate surface area is 325 Å². The van der Waals surface area contributed by atoms with Crippen LogP contribution in [0.15, 0.2) is 191 Å². The predicted molar refractivity (Wildman–Crippen MR) is 230 cm³/mol. The van der Waals surface area contributed by atoms with Gasteiger partial charge in [0.1, 0.15) is 16.7 Å². The number of furan rings is 2. The first kappa shape index (κ1) is 31.5. The van der Waals surface area contributed by atoms with E-state index >= 15 is 0 Å². The number of hydrogen-bond donors (Lipinski definition) is 0. The van der Waals surface area contributed by atoms with Crippen LogP contribution in [0.3, 0.4) is 0 Å². The van der Waals surface area contributed by atoms with E-state index in [1.54, 1.807) is 0 Å². The van der Waals surface area contributed by atoms with Gasteiger partial charge in [0.25, 0.3) is 0 Å². The molecule has 0 saturated heterocycles. The largest absolute Gasteiger partial charge is 0.455 e. The van der Waals surface area contributed by atoms with Crippen molar-refractivity contribution >= 4 is 65.7 Å². The molecule has 0 unspecified atom stereocenters. The van der Waals surface area contributed by atoms with Gasteiger partial charge in [0, 0.05) is 43.4 Å². The molecule has 0 aliphatic heterocycles. The van der Waals surface area contributed by atoms with Gasteiger partial charge in [0.15, 0.2) is 23.1 Å². The molecule has 12 rings (SSSR count). The molecule has 0 radical (unpaired) electrons. The topological polar surface area (TPSA) is 69.9 Å². The van der Waals surface area contributed by atoms with E-state index in [0.717, 1.165) is 99.2 Å². The molecule has 4 heterocycles. The van der Waals surface area contributed by atoms with Crippen LogP contribution < -0.4 is 0 Å². The Hall–Kier alpha value is -7.83. The molecule has 0 fully saturated rings. The molecular weight excluding hydrogens is 701 g/mol. The summed E-state index contributed by atoms with van der Waals surface area (Å²) < 4.78 is 15.7. The second kappa shape index (κ2) is 12.3. The number of nitrogens with zero attached hydrogens (tertiary/aromatic N) is 4. The molecule has 6 nitrogen and oxygen atoms in total. The maximum Gasteiger partial charge on any atom is 0.167 e. The van der Waals surface area contributed by atoms with Crippen molar-refractivity contribution in [2.45, 2.75) is 0 Å². The second-order valence-corrected chi connectivity index (χ2v) is 14.3. The molecule has 0 amide bonds. The van der Waals surface area contributed by atoms with Crippen LogP contribution in [0.2, 0.25) is 0 Å². The van der Waals surface area contributed by atoms with Crippen LogP contribution in [0, 0.1) is 0 Å².